The number of rotatable bonds is 11. The lowest BCUT2D eigenvalue weighted by atomic mass is 9.90. The van der Waals surface area contributed by atoms with Crippen LogP contribution in [0.15, 0.2) is 67.0 Å². The highest BCUT2D eigenvalue weighted by Crippen LogP contribution is 2.40. The smallest absolute Gasteiger partial charge is 0.254 e. The lowest BCUT2D eigenvalue weighted by molar-refractivity contribution is -0.137. The summed E-state index contributed by atoms with van der Waals surface area (Å²) >= 11 is 0. The van der Waals surface area contributed by atoms with Gasteiger partial charge in [0.1, 0.15) is 11.2 Å². The SMILES string of the molecule is CCN1C(=O)C(C)(C)C(=O)N(C)c2cc(OCCCNC(CCN3CCc4ccccc4C3=O)c3ccncc3)ccc21. The summed E-state index contributed by atoms with van der Waals surface area (Å²) < 4.78 is 6.09. The maximum absolute atomic E-state index is 13.1. The van der Waals surface area contributed by atoms with Crippen LogP contribution in [0.1, 0.15) is 61.1 Å². The zero-order valence-corrected chi connectivity index (χ0v) is 25.5. The Morgan fingerprint density at radius 3 is 2.53 bits per heavy atom. The number of carbonyl (C=O) groups is 3. The molecule has 226 valence electrons. The Morgan fingerprint density at radius 1 is 1.00 bits per heavy atom. The first-order valence-electron chi connectivity index (χ1n) is 15.1. The van der Waals surface area contributed by atoms with Crippen molar-refractivity contribution in [1.29, 1.82) is 0 Å². The molecule has 5 rings (SSSR count). The van der Waals surface area contributed by atoms with E-state index in [0.717, 1.165) is 49.0 Å². The van der Waals surface area contributed by atoms with Crippen molar-refractivity contribution in [3.8, 4) is 5.75 Å². The second kappa shape index (κ2) is 13.0. The molecular formula is C34H41N5O4. The highest BCUT2D eigenvalue weighted by molar-refractivity contribution is 6.20. The van der Waals surface area contributed by atoms with E-state index in [9.17, 15) is 14.4 Å². The summed E-state index contributed by atoms with van der Waals surface area (Å²) in [5.74, 6) is 0.306. The molecule has 1 N–H and O–H groups in total. The third-order valence-electron chi connectivity index (χ3n) is 8.50. The first kappa shape index (κ1) is 30.2. The van der Waals surface area contributed by atoms with E-state index in [0.29, 0.717) is 36.8 Å². The van der Waals surface area contributed by atoms with Gasteiger partial charge in [-0.3, -0.25) is 19.4 Å². The lowest BCUT2D eigenvalue weighted by Gasteiger charge is -2.30. The van der Waals surface area contributed by atoms with Crippen LogP contribution in [0.4, 0.5) is 11.4 Å². The van der Waals surface area contributed by atoms with E-state index < -0.39 is 5.41 Å². The Labute approximate surface area is 253 Å². The fraction of sp³-hybridized carbons (Fsp3) is 0.412. The molecule has 0 bridgehead atoms. The van der Waals surface area contributed by atoms with Gasteiger partial charge in [-0.05, 0) is 88.0 Å². The van der Waals surface area contributed by atoms with Crippen LogP contribution in [0.25, 0.3) is 0 Å². The summed E-state index contributed by atoms with van der Waals surface area (Å²) in [6, 6.07) is 17.5. The van der Waals surface area contributed by atoms with Crippen LogP contribution in [0.5, 0.6) is 5.75 Å². The zero-order chi connectivity index (χ0) is 30.6. The number of pyridine rings is 1. The van der Waals surface area contributed by atoms with Gasteiger partial charge in [0, 0.05) is 56.7 Å². The molecule has 1 unspecified atom stereocenters. The van der Waals surface area contributed by atoms with E-state index in [2.05, 4.69) is 10.3 Å². The van der Waals surface area contributed by atoms with Gasteiger partial charge in [-0.15, -0.1) is 0 Å². The summed E-state index contributed by atoms with van der Waals surface area (Å²) in [5, 5.41) is 3.65. The molecule has 1 aromatic heterocycles. The standard InChI is InChI=1S/C34H41N5O4/c1-5-39-29-12-11-26(23-30(29)37(4)32(41)34(2,3)33(39)42)43-22-8-17-36-28(25-13-18-35-19-14-25)16-21-38-20-15-24-9-6-7-10-27(24)31(38)40/h6-7,9-14,18-19,23,28,36H,5,8,15-17,20-22H2,1-4H3. The molecule has 0 radical (unpaired) electrons. The molecule has 3 aromatic rings. The quantitative estimate of drug-likeness (QED) is 0.261. The van der Waals surface area contributed by atoms with Gasteiger partial charge in [0.15, 0.2) is 0 Å². The van der Waals surface area contributed by atoms with Crippen LogP contribution in [0.2, 0.25) is 0 Å². The topological polar surface area (TPSA) is 95.1 Å². The Bertz CT molecular complexity index is 1470. The predicted molar refractivity (Wildman–Crippen MR) is 167 cm³/mol. The molecule has 43 heavy (non-hydrogen) atoms. The minimum absolute atomic E-state index is 0.0704. The fourth-order valence-electron chi connectivity index (χ4n) is 5.96. The average molecular weight is 584 g/mol. The summed E-state index contributed by atoms with van der Waals surface area (Å²) in [5.41, 5.74) is 3.30. The number of aromatic nitrogens is 1. The first-order valence-corrected chi connectivity index (χ1v) is 15.1. The third kappa shape index (κ3) is 6.27. The van der Waals surface area contributed by atoms with Crippen LogP contribution in [-0.2, 0) is 16.0 Å². The summed E-state index contributed by atoms with van der Waals surface area (Å²) in [6.45, 7) is 8.34. The van der Waals surface area contributed by atoms with E-state index in [1.165, 1.54) is 0 Å². The number of hydrogen-bond acceptors (Lipinski definition) is 6. The second-order valence-corrected chi connectivity index (χ2v) is 11.7. The number of amides is 3. The minimum atomic E-state index is -1.15. The molecule has 0 saturated heterocycles. The number of nitrogens with zero attached hydrogens (tertiary/aromatic N) is 4. The minimum Gasteiger partial charge on any atom is -0.493 e. The van der Waals surface area contributed by atoms with Crippen molar-refractivity contribution < 1.29 is 19.1 Å². The van der Waals surface area contributed by atoms with E-state index in [1.807, 2.05) is 66.4 Å². The van der Waals surface area contributed by atoms with Gasteiger partial charge in [-0.1, -0.05) is 18.2 Å². The lowest BCUT2D eigenvalue weighted by Crippen LogP contribution is -2.47. The molecule has 3 amide bonds. The molecule has 2 aliphatic heterocycles. The van der Waals surface area contributed by atoms with Gasteiger partial charge in [0.25, 0.3) is 5.91 Å². The summed E-state index contributed by atoms with van der Waals surface area (Å²) in [4.78, 5) is 48.7. The molecule has 0 spiro atoms. The maximum Gasteiger partial charge on any atom is 0.254 e. The summed E-state index contributed by atoms with van der Waals surface area (Å²) in [6.07, 6.45) is 6.01. The molecule has 9 heteroatoms. The van der Waals surface area contributed by atoms with Crippen molar-refractivity contribution in [2.75, 3.05) is 49.6 Å². The summed E-state index contributed by atoms with van der Waals surface area (Å²) in [7, 11) is 1.71. The largest absolute Gasteiger partial charge is 0.493 e. The monoisotopic (exact) mass is 583 g/mol. The van der Waals surface area contributed by atoms with Gasteiger partial charge in [0.05, 0.1) is 18.0 Å². The van der Waals surface area contributed by atoms with E-state index in [1.54, 1.807) is 43.1 Å². The fourth-order valence-corrected chi connectivity index (χ4v) is 5.96. The number of anilines is 2. The van der Waals surface area contributed by atoms with Gasteiger partial charge < -0.3 is 24.8 Å². The van der Waals surface area contributed by atoms with E-state index in [4.69, 9.17) is 4.74 Å². The predicted octanol–water partition coefficient (Wildman–Crippen LogP) is 4.63. The van der Waals surface area contributed by atoms with Crippen LogP contribution in [-0.4, -0.2) is 67.4 Å². The van der Waals surface area contributed by atoms with Crippen LogP contribution in [0, 0.1) is 5.41 Å². The Kier molecular flexibility index (Phi) is 9.11. The molecule has 9 nitrogen and oxygen atoms in total. The highest BCUT2D eigenvalue weighted by Gasteiger charge is 2.45. The number of ether oxygens (including phenoxy) is 1. The van der Waals surface area contributed by atoms with Crippen molar-refractivity contribution in [1.82, 2.24) is 15.2 Å². The number of benzene rings is 2. The molecular weight excluding hydrogens is 542 g/mol. The molecule has 3 heterocycles. The Balaban J connectivity index is 1.18. The molecule has 0 aliphatic carbocycles. The second-order valence-electron chi connectivity index (χ2n) is 11.7. The number of hydrogen-bond donors (Lipinski definition) is 1. The van der Waals surface area contributed by atoms with Gasteiger partial charge in [0.2, 0.25) is 11.8 Å². The highest BCUT2D eigenvalue weighted by atomic mass is 16.5. The van der Waals surface area contributed by atoms with Crippen molar-refractivity contribution in [2.24, 2.45) is 5.41 Å². The van der Waals surface area contributed by atoms with Gasteiger partial charge in [-0.25, -0.2) is 0 Å². The molecule has 1 atom stereocenters. The van der Waals surface area contributed by atoms with Crippen molar-refractivity contribution >= 4 is 29.1 Å². The number of carbonyl (C=O) groups excluding carboxylic acids is 3. The van der Waals surface area contributed by atoms with Crippen molar-refractivity contribution in [2.45, 2.75) is 46.1 Å². The molecule has 0 saturated carbocycles. The van der Waals surface area contributed by atoms with Crippen molar-refractivity contribution in [3.05, 3.63) is 83.7 Å². The van der Waals surface area contributed by atoms with Gasteiger partial charge in [-0.2, -0.15) is 0 Å². The van der Waals surface area contributed by atoms with Crippen molar-refractivity contribution in [3.63, 3.8) is 0 Å². The number of nitrogens with one attached hydrogen (secondary N) is 1. The first-order chi connectivity index (χ1) is 20.7. The average Bonchev–Trinajstić information content (AvgIpc) is 3.08. The Hall–Kier alpha value is -4.24. The zero-order valence-electron chi connectivity index (χ0n) is 25.5. The molecule has 2 aromatic carbocycles. The van der Waals surface area contributed by atoms with Crippen LogP contribution < -0.4 is 19.9 Å². The molecule has 2 aliphatic rings. The molecule has 0 fully saturated rings. The van der Waals surface area contributed by atoms with E-state index in [-0.39, 0.29) is 23.8 Å². The Morgan fingerprint density at radius 2 is 1.77 bits per heavy atom. The van der Waals surface area contributed by atoms with Crippen LogP contribution in [0.3, 0.4) is 0 Å². The normalized spacial score (nSPS) is 16.9. The number of fused-ring (bicyclic) bond motifs is 2. The van der Waals surface area contributed by atoms with E-state index >= 15 is 0 Å². The third-order valence-corrected chi connectivity index (χ3v) is 8.50. The van der Waals surface area contributed by atoms with Gasteiger partial charge >= 0.3 is 0 Å². The maximum atomic E-state index is 13.1. The van der Waals surface area contributed by atoms with Crippen LogP contribution >= 0.6 is 0 Å².